The molecule has 0 fully saturated rings. The third kappa shape index (κ3) is 2.06. The average molecular weight is 248 g/mol. The van der Waals surface area contributed by atoms with E-state index in [0.717, 1.165) is 16.5 Å². The second-order valence-electron chi connectivity index (χ2n) is 4.28. The van der Waals surface area contributed by atoms with Gasteiger partial charge in [0.1, 0.15) is 0 Å². The predicted octanol–water partition coefficient (Wildman–Crippen LogP) is 4.60. The van der Waals surface area contributed by atoms with E-state index in [1.54, 1.807) is 0 Å². The van der Waals surface area contributed by atoms with Crippen LogP contribution in [0.2, 0.25) is 0 Å². The van der Waals surface area contributed by atoms with Gasteiger partial charge in [-0.05, 0) is 22.4 Å². The van der Waals surface area contributed by atoms with Gasteiger partial charge in [-0.15, -0.1) is 4.91 Å². The second kappa shape index (κ2) is 4.90. The summed E-state index contributed by atoms with van der Waals surface area (Å²) in [6.45, 7) is 0. The van der Waals surface area contributed by atoms with Crippen LogP contribution in [-0.2, 0) is 0 Å². The van der Waals surface area contributed by atoms with Gasteiger partial charge in [-0.25, -0.2) is 5.43 Å². The van der Waals surface area contributed by atoms with E-state index in [2.05, 4.69) is 28.9 Å². The lowest BCUT2D eigenvalue weighted by Crippen LogP contribution is -1.90. The first-order valence-electron chi connectivity index (χ1n) is 6.05. The standard InChI is InChI=1S/C16H12N2O/c19-18-17-16-11-4-3-9-15(16)14-10-5-7-12-6-1-2-8-13(12)14/h1-11H,(H,17,19). The Kier molecular flexibility index (Phi) is 2.94. The summed E-state index contributed by atoms with van der Waals surface area (Å²) in [5.41, 5.74) is 5.28. The van der Waals surface area contributed by atoms with Crippen molar-refractivity contribution in [3.8, 4) is 11.1 Å². The zero-order valence-corrected chi connectivity index (χ0v) is 10.2. The highest BCUT2D eigenvalue weighted by molar-refractivity contribution is 5.99. The molecule has 0 unspecified atom stereocenters. The lowest BCUT2D eigenvalue weighted by molar-refractivity contribution is 1.32. The molecule has 0 amide bonds. The van der Waals surface area contributed by atoms with Crippen LogP contribution >= 0.6 is 0 Å². The topological polar surface area (TPSA) is 41.5 Å². The van der Waals surface area contributed by atoms with Crippen LogP contribution in [0.3, 0.4) is 0 Å². The monoisotopic (exact) mass is 248 g/mol. The molecule has 0 atom stereocenters. The molecule has 3 rings (SSSR count). The Hall–Kier alpha value is -2.68. The summed E-state index contributed by atoms with van der Waals surface area (Å²) in [5.74, 6) is 0. The van der Waals surface area contributed by atoms with Gasteiger partial charge in [0.15, 0.2) is 0 Å². The number of nitrogens with one attached hydrogen (secondary N) is 1. The van der Waals surface area contributed by atoms with Crippen LogP contribution < -0.4 is 5.43 Å². The number of fused-ring (bicyclic) bond motifs is 1. The van der Waals surface area contributed by atoms with Gasteiger partial charge in [0.05, 0.1) is 11.0 Å². The SMILES string of the molecule is O=NNc1ccccc1-c1cccc2ccccc12. The van der Waals surface area contributed by atoms with Crippen molar-refractivity contribution in [3.05, 3.63) is 71.6 Å². The molecular weight excluding hydrogens is 236 g/mol. The van der Waals surface area contributed by atoms with Crippen LogP contribution in [0.25, 0.3) is 21.9 Å². The molecule has 3 nitrogen and oxygen atoms in total. The van der Waals surface area contributed by atoms with Crippen LogP contribution in [0.4, 0.5) is 5.69 Å². The Labute approximate surface area is 110 Å². The molecule has 1 N–H and O–H groups in total. The van der Waals surface area contributed by atoms with Crippen LogP contribution in [-0.4, -0.2) is 0 Å². The Morgan fingerprint density at radius 2 is 1.42 bits per heavy atom. The van der Waals surface area contributed by atoms with Crippen LogP contribution in [0.1, 0.15) is 0 Å². The van der Waals surface area contributed by atoms with Crippen molar-refractivity contribution < 1.29 is 0 Å². The van der Waals surface area contributed by atoms with Gasteiger partial charge < -0.3 is 0 Å². The summed E-state index contributed by atoms with van der Waals surface area (Å²) < 4.78 is 0. The van der Waals surface area contributed by atoms with Gasteiger partial charge in [0.25, 0.3) is 0 Å². The van der Waals surface area contributed by atoms with Crippen molar-refractivity contribution >= 4 is 16.5 Å². The highest BCUT2D eigenvalue weighted by atomic mass is 16.3. The number of hydrogen-bond donors (Lipinski definition) is 1. The minimum atomic E-state index is 0.717. The molecule has 0 spiro atoms. The lowest BCUT2D eigenvalue weighted by atomic mass is 9.97. The first-order valence-corrected chi connectivity index (χ1v) is 6.05. The Morgan fingerprint density at radius 3 is 2.32 bits per heavy atom. The maximum absolute atomic E-state index is 10.5. The summed E-state index contributed by atoms with van der Waals surface area (Å²) in [7, 11) is 0. The Bertz CT molecular complexity index is 732. The Balaban J connectivity index is 2.27. The van der Waals surface area contributed by atoms with Gasteiger partial charge in [-0.3, -0.25) is 0 Å². The van der Waals surface area contributed by atoms with E-state index < -0.39 is 0 Å². The van der Waals surface area contributed by atoms with E-state index in [9.17, 15) is 4.91 Å². The maximum atomic E-state index is 10.5. The summed E-state index contributed by atoms with van der Waals surface area (Å²) in [6, 6.07) is 22.0. The van der Waals surface area contributed by atoms with E-state index in [1.807, 2.05) is 48.5 Å². The van der Waals surface area contributed by atoms with Crippen molar-refractivity contribution in [1.82, 2.24) is 0 Å². The van der Waals surface area contributed by atoms with Gasteiger partial charge in [-0.1, -0.05) is 60.7 Å². The van der Waals surface area contributed by atoms with E-state index in [0.29, 0.717) is 5.69 Å². The average Bonchev–Trinajstić information content (AvgIpc) is 2.48. The second-order valence-corrected chi connectivity index (χ2v) is 4.28. The highest BCUT2D eigenvalue weighted by Gasteiger charge is 2.07. The summed E-state index contributed by atoms with van der Waals surface area (Å²) >= 11 is 0. The van der Waals surface area contributed by atoms with Crippen LogP contribution in [0, 0.1) is 4.91 Å². The fraction of sp³-hybridized carbons (Fsp3) is 0. The molecule has 0 saturated heterocycles. The number of anilines is 1. The molecule has 0 bridgehead atoms. The number of rotatable bonds is 3. The fourth-order valence-electron chi connectivity index (χ4n) is 2.32. The largest absolute Gasteiger partial charge is 0.242 e. The summed E-state index contributed by atoms with van der Waals surface area (Å²) in [4.78, 5) is 10.5. The van der Waals surface area contributed by atoms with Crippen molar-refractivity contribution in [3.63, 3.8) is 0 Å². The fourth-order valence-corrected chi connectivity index (χ4v) is 2.32. The molecule has 3 heteroatoms. The van der Waals surface area contributed by atoms with Crippen molar-refractivity contribution in [2.75, 3.05) is 5.43 Å². The molecule has 3 aromatic rings. The third-order valence-electron chi connectivity index (χ3n) is 3.17. The zero-order valence-electron chi connectivity index (χ0n) is 10.2. The predicted molar refractivity (Wildman–Crippen MR) is 78.8 cm³/mol. The molecule has 92 valence electrons. The minimum Gasteiger partial charge on any atom is -0.242 e. The van der Waals surface area contributed by atoms with Gasteiger partial charge >= 0.3 is 0 Å². The molecule has 19 heavy (non-hydrogen) atoms. The summed E-state index contributed by atoms with van der Waals surface area (Å²) in [5, 5.41) is 5.10. The summed E-state index contributed by atoms with van der Waals surface area (Å²) in [6.07, 6.45) is 0. The van der Waals surface area contributed by atoms with E-state index >= 15 is 0 Å². The van der Waals surface area contributed by atoms with Gasteiger partial charge in [0, 0.05) is 5.56 Å². The number of nitrogens with zero attached hydrogens (tertiary/aromatic N) is 1. The zero-order chi connectivity index (χ0) is 13.1. The van der Waals surface area contributed by atoms with Crippen molar-refractivity contribution in [2.24, 2.45) is 5.29 Å². The number of benzene rings is 3. The molecule has 0 aromatic heterocycles. The van der Waals surface area contributed by atoms with Crippen molar-refractivity contribution in [1.29, 1.82) is 0 Å². The maximum Gasteiger partial charge on any atom is 0.0672 e. The number of para-hydroxylation sites is 1. The normalized spacial score (nSPS) is 10.3. The number of hydrogen-bond acceptors (Lipinski definition) is 2. The van der Waals surface area contributed by atoms with Crippen LogP contribution in [0.15, 0.2) is 72.0 Å². The molecule has 0 heterocycles. The molecule has 0 aliphatic rings. The van der Waals surface area contributed by atoms with Gasteiger partial charge in [0.2, 0.25) is 0 Å². The first-order chi connectivity index (χ1) is 9.40. The van der Waals surface area contributed by atoms with Gasteiger partial charge in [-0.2, -0.15) is 0 Å². The Morgan fingerprint density at radius 1 is 0.737 bits per heavy atom. The quantitative estimate of drug-likeness (QED) is 0.543. The number of nitroso groups, excluding NO2 is 1. The smallest absolute Gasteiger partial charge is 0.0672 e. The molecule has 0 aliphatic heterocycles. The first kappa shape index (κ1) is 11.4. The minimum absolute atomic E-state index is 0.717. The van der Waals surface area contributed by atoms with Crippen molar-refractivity contribution in [2.45, 2.75) is 0 Å². The van der Waals surface area contributed by atoms with E-state index in [-0.39, 0.29) is 0 Å². The molecule has 3 aromatic carbocycles. The van der Waals surface area contributed by atoms with E-state index in [4.69, 9.17) is 0 Å². The lowest BCUT2D eigenvalue weighted by Gasteiger charge is -2.10. The van der Waals surface area contributed by atoms with Crippen LogP contribution in [0.5, 0.6) is 0 Å². The molecule has 0 saturated carbocycles. The molecule has 0 aliphatic carbocycles. The highest BCUT2D eigenvalue weighted by Crippen LogP contribution is 2.33. The third-order valence-corrected chi connectivity index (χ3v) is 3.17. The molecule has 0 radical (unpaired) electrons. The molecular formula is C16H12N2O. The van der Waals surface area contributed by atoms with E-state index in [1.165, 1.54) is 5.39 Å².